The second-order valence-corrected chi connectivity index (χ2v) is 6.88. The highest BCUT2D eigenvalue weighted by Gasteiger charge is 2.58. The molecule has 2 rings (SSSR count). The summed E-state index contributed by atoms with van der Waals surface area (Å²) in [5.74, 6) is 0. The Morgan fingerprint density at radius 1 is 1.28 bits per heavy atom. The summed E-state index contributed by atoms with van der Waals surface area (Å²) < 4.78 is 5.80. The largest absolute Gasteiger partial charge is 0.378 e. The SMILES string of the molecule is CCOC1CC(N)(CN(C)C2CCCC2)C1(C)C. The summed E-state index contributed by atoms with van der Waals surface area (Å²) in [7, 11) is 2.24. The van der Waals surface area contributed by atoms with Gasteiger partial charge in [0.25, 0.3) is 0 Å². The molecule has 0 aromatic rings. The average Bonchev–Trinajstić information content (AvgIpc) is 2.82. The van der Waals surface area contributed by atoms with E-state index < -0.39 is 0 Å². The summed E-state index contributed by atoms with van der Waals surface area (Å²) in [5.41, 5.74) is 6.66. The molecule has 0 radical (unpaired) electrons. The summed E-state index contributed by atoms with van der Waals surface area (Å²) >= 11 is 0. The third kappa shape index (κ3) is 2.33. The summed E-state index contributed by atoms with van der Waals surface area (Å²) in [4.78, 5) is 2.50. The van der Waals surface area contributed by atoms with Gasteiger partial charge in [-0.1, -0.05) is 26.7 Å². The van der Waals surface area contributed by atoms with Crippen molar-refractivity contribution in [2.24, 2.45) is 11.1 Å². The highest BCUT2D eigenvalue weighted by atomic mass is 16.5. The van der Waals surface area contributed by atoms with Gasteiger partial charge < -0.3 is 15.4 Å². The Balaban J connectivity index is 1.92. The van der Waals surface area contributed by atoms with Crippen molar-refractivity contribution in [3.8, 4) is 0 Å². The lowest BCUT2D eigenvalue weighted by molar-refractivity contribution is -0.156. The molecule has 0 amide bonds. The molecule has 0 heterocycles. The van der Waals surface area contributed by atoms with Crippen LogP contribution in [0.2, 0.25) is 0 Å². The van der Waals surface area contributed by atoms with Crippen LogP contribution < -0.4 is 5.73 Å². The second-order valence-electron chi connectivity index (χ2n) is 6.88. The van der Waals surface area contributed by atoms with E-state index in [1.54, 1.807) is 0 Å². The van der Waals surface area contributed by atoms with Crippen LogP contribution in [0.1, 0.15) is 52.9 Å². The number of nitrogens with zero attached hydrogens (tertiary/aromatic N) is 1. The smallest absolute Gasteiger partial charge is 0.0662 e. The topological polar surface area (TPSA) is 38.5 Å². The van der Waals surface area contributed by atoms with E-state index in [1.165, 1.54) is 25.7 Å². The summed E-state index contributed by atoms with van der Waals surface area (Å²) in [5, 5.41) is 0. The predicted octanol–water partition coefficient (Wildman–Crippen LogP) is 2.39. The molecule has 0 saturated heterocycles. The zero-order chi connectivity index (χ0) is 13.4. The van der Waals surface area contributed by atoms with Gasteiger partial charge in [-0.3, -0.25) is 0 Å². The second kappa shape index (κ2) is 5.10. The van der Waals surface area contributed by atoms with Crippen LogP contribution in [0.5, 0.6) is 0 Å². The minimum absolute atomic E-state index is 0.0792. The van der Waals surface area contributed by atoms with Crippen molar-refractivity contribution in [3.63, 3.8) is 0 Å². The Morgan fingerprint density at radius 3 is 2.39 bits per heavy atom. The molecule has 0 aromatic carbocycles. The first-order valence-corrected chi connectivity index (χ1v) is 7.51. The minimum Gasteiger partial charge on any atom is -0.378 e. The fraction of sp³-hybridized carbons (Fsp3) is 1.00. The maximum Gasteiger partial charge on any atom is 0.0662 e. The number of hydrogen-bond acceptors (Lipinski definition) is 3. The maximum absolute atomic E-state index is 6.65. The fourth-order valence-electron chi connectivity index (χ4n) is 3.69. The van der Waals surface area contributed by atoms with Gasteiger partial charge in [0.2, 0.25) is 0 Å². The maximum atomic E-state index is 6.65. The van der Waals surface area contributed by atoms with Crippen LogP contribution in [0.3, 0.4) is 0 Å². The lowest BCUT2D eigenvalue weighted by atomic mass is 9.54. The molecule has 2 fully saturated rings. The molecule has 18 heavy (non-hydrogen) atoms. The Labute approximate surface area is 112 Å². The molecule has 2 atom stereocenters. The average molecular weight is 254 g/mol. The van der Waals surface area contributed by atoms with Crippen LogP contribution in [0.25, 0.3) is 0 Å². The third-order valence-corrected chi connectivity index (χ3v) is 5.49. The van der Waals surface area contributed by atoms with Crippen LogP contribution in [0, 0.1) is 5.41 Å². The molecular weight excluding hydrogens is 224 g/mol. The first-order valence-electron chi connectivity index (χ1n) is 7.51. The Hall–Kier alpha value is -0.120. The molecule has 0 aliphatic heterocycles. The van der Waals surface area contributed by atoms with Crippen LogP contribution in [-0.2, 0) is 4.74 Å². The third-order valence-electron chi connectivity index (χ3n) is 5.49. The summed E-state index contributed by atoms with van der Waals surface area (Å²) in [6.07, 6.45) is 6.81. The first kappa shape index (κ1) is 14.3. The Morgan fingerprint density at radius 2 is 1.89 bits per heavy atom. The molecule has 3 nitrogen and oxygen atoms in total. The van der Waals surface area contributed by atoms with Crippen molar-refractivity contribution < 1.29 is 4.74 Å². The molecule has 2 N–H and O–H groups in total. The monoisotopic (exact) mass is 254 g/mol. The van der Waals surface area contributed by atoms with Crippen molar-refractivity contribution in [3.05, 3.63) is 0 Å². The molecule has 0 bridgehead atoms. The lowest BCUT2D eigenvalue weighted by Gasteiger charge is -2.60. The van der Waals surface area contributed by atoms with Crippen molar-refractivity contribution >= 4 is 0 Å². The van der Waals surface area contributed by atoms with Crippen LogP contribution in [0.15, 0.2) is 0 Å². The number of nitrogens with two attached hydrogens (primary N) is 1. The van der Waals surface area contributed by atoms with Gasteiger partial charge in [-0.2, -0.15) is 0 Å². The van der Waals surface area contributed by atoms with Crippen molar-refractivity contribution in [1.82, 2.24) is 4.90 Å². The van der Waals surface area contributed by atoms with Gasteiger partial charge in [-0.05, 0) is 33.2 Å². The molecule has 106 valence electrons. The Kier molecular flexibility index (Phi) is 4.05. The molecule has 2 unspecified atom stereocenters. The van der Waals surface area contributed by atoms with E-state index in [0.29, 0.717) is 6.10 Å². The Bertz CT molecular complexity index is 286. The summed E-state index contributed by atoms with van der Waals surface area (Å²) in [6.45, 7) is 8.40. The highest BCUT2D eigenvalue weighted by Crippen LogP contribution is 2.50. The van der Waals surface area contributed by atoms with E-state index in [0.717, 1.165) is 25.6 Å². The van der Waals surface area contributed by atoms with Crippen molar-refractivity contribution in [2.45, 2.75) is 70.6 Å². The number of ether oxygens (including phenoxy) is 1. The van der Waals surface area contributed by atoms with Gasteiger partial charge in [-0.15, -0.1) is 0 Å². The number of likely N-dealkylation sites (N-methyl/N-ethyl adjacent to an activating group) is 1. The lowest BCUT2D eigenvalue weighted by Crippen LogP contribution is -2.73. The van der Waals surface area contributed by atoms with Gasteiger partial charge in [0.1, 0.15) is 0 Å². The summed E-state index contributed by atoms with van der Waals surface area (Å²) in [6, 6.07) is 0.757. The highest BCUT2D eigenvalue weighted by molar-refractivity contribution is 5.14. The van der Waals surface area contributed by atoms with E-state index >= 15 is 0 Å². The van der Waals surface area contributed by atoms with Gasteiger partial charge in [-0.25, -0.2) is 0 Å². The van der Waals surface area contributed by atoms with Gasteiger partial charge in [0.15, 0.2) is 0 Å². The standard InChI is InChI=1S/C15H30N2O/c1-5-18-13-10-15(16,14(13,2)3)11-17(4)12-8-6-7-9-12/h12-13H,5-11,16H2,1-4H3. The van der Waals surface area contributed by atoms with Crippen LogP contribution >= 0.6 is 0 Å². The van der Waals surface area contributed by atoms with Gasteiger partial charge in [0, 0.05) is 30.1 Å². The van der Waals surface area contributed by atoms with E-state index in [1.807, 2.05) is 0 Å². The van der Waals surface area contributed by atoms with Crippen LogP contribution in [0.4, 0.5) is 0 Å². The normalized spacial score (nSPS) is 36.0. The van der Waals surface area contributed by atoms with Gasteiger partial charge >= 0.3 is 0 Å². The number of rotatable bonds is 5. The zero-order valence-electron chi connectivity index (χ0n) is 12.5. The van der Waals surface area contributed by atoms with E-state index in [9.17, 15) is 0 Å². The van der Waals surface area contributed by atoms with E-state index in [2.05, 4.69) is 32.7 Å². The fourth-order valence-corrected chi connectivity index (χ4v) is 3.69. The van der Waals surface area contributed by atoms with Crippen molar-refractivity contribution in [1.29, 1.82) is 0 Å². The molecule has 0 spiro atoms. The zero-order valence-corrected chi connectivity index (χ0v) is 12.5. The molecule has 0 aromatic heterocycles. The van der Waals surface area contributed by atoms with Crippen molar-refractivity contribution in [2.75, 3.05) is 20.2 Å². The molecular formula is C15H30N2O. The quantitative estimate of drug-likeness (QED) is 0.819. The number of hydrogen-bond donors (Lipinski definition) is 1. The van der Waals surface area contributed by atoms with E-state index in [4.69, 9.17) is 10.5 Å². The van der Waals surface area contributed by atoms with E-state index in [-0.39, 0.29) is 11.0 Å². The minimum atomic E-state index is -0.0792. The van der Waals surface area contributed by atoms with Crippen LogP contribution in [-0.4, -0.2) is 42.8 Å². The molecule has 3 heteroatoms. The molecule has 2 saturated carbocycles. The molecule has 2 aliphatic rings. The predicted molar refractivity (Wildman–Crippen MR) is 75.6 cm³/mol. The molecule has 2 aliphatic carbocycles. The van der Waals surface area contributed by atoms with Gasteiger partial charge in [0.05, 0.1) is 6.10 Å². The first-order chi connectivity index (χ1) is 8.40.